The van der Waals surface area contributed by atoms with Crippen molar-refractivity contribution < 1.29 is 28.2 Å². The van der Waals surface area contributed by atoms with Gasteiger partial charge in [-0.25, -0.2) is 13.6 Å². The van der Waals surface area contributed by atoms with Crippen LogP contribution in [0, 0.1) is 11.6 Å². The summed E-state index contributed by atoms with van der Waals surface area (Å²) in [5.74, 6) is -2.27. The lowest BCUT2D eigenvalue weighted by Crippen LogP contribution is -2.19. The van der Waals surface area contributed by atoms with E-state index in [1.165, 1.54) is 21.7 Å². The van der Waals surface area contributed by atoms with E-state index in [0.717, 1.165) is 15.2 Å². The molecule has 36 heavy (non-hydrogen) atoms. The SMILES string of the molecule is COC(=O)c1cc2c(-c3cc(C(C)(C)O)ccc3Oc3ccc(F)cc3F)cn(C)c(=O)c2n1SI. The van der Waals surface area contributed by atoms with Crippen LogP contribution in [0.2, 0.25) is 0 Å². The summed E-state index contributed by atoms with van der Waals surface area (Å²) in [6, 6.07) is 9.37. The van der Waals surface area contributed by atoms with Gasteiger partial charge in [-0.1, -0.05) is 6.07 Å². The van der Waals surface area contributed by atoms with Crippen molar-refractivity contribution in [3.8, 4) is 22.6 Å². The van der Waals surface area contributed by atoms with Crippen molar-refractivity contribution >= 4 is 47.2 Å². The van der Waals surface area contributed by atoms with E-state index in [2.05, 4.69) is 0 Å². The van der Waals surface area contributed by atoms with E-state index in [-0.39, 0.29) is 28.3 Å². The first-order chi connectivity index (χ1) is 17.0. The molecule has 0 aliphatic carbocycles. The second-order valence-corrected chi connectivity index (χ2v) is 10.2. The molecule has 1 N–H and O–H groups in total. The molecule has 188 valence electrons. The molecule has 0 saturated heterocycles. The second-order valence-electron chi connectivity index (χ2n) is 8.55. The van der Waals surface area contributed by atoms with Crippen molar-refractivity contribution in [2.24, 2.45) is 7.05 Å². The third-order valence-corrected chi connectivity index (χ3v) is 7.35. The fourth-order valence-electron chi connectivity index (χ4n) is 3.81. The van der Waals surface area contributed by atoms with Crippen LogP contribution in [0.5, 0.6) is 11.5 Å². The van der Waals surface area contributed by atoms with Crippen LogP contribution in [0.3, 0.4) is 0 Å². The summed E-state index contributed by atoms with van der Waals surface area (Å²) < 4.78 is 41.5. The van der Waals surface area contributed by atoms with Gasteiger partial charge in [0.25, 0.3) is 5.56 Å². The van der Waals surface area contributed by atoms with Crippen molar-refractivity contribution in [1.82, 2.24) is 8.54 Å². The molecule has 4 aromatic rings. The number of carbonyl (C=O) groups is 1. The van der Waals surface area contributed by atoms with Crippen LogP contribution in [0.4, 0.5) is 8.78 Å². The van der Waals surface area contributed by atoms with E-state index in [1.807, 2.05) is 21.2 Å². The van der Waals surface area contributed by atoms with E-state index in [4.69, 9.17) is 9.47 Å². The molecule has 0 atom stereocenters. The van der Waals surface area contributed by atoms with Crippen molar-refractivity contribution in [1.29, 1.82) is 0 Å². The molecule has 0 aliphatic rings. The number of rotatable bonds is 6. The Morgan fingerprint density at radius 2 is 1.78 bits per heavy atom. The molecule has 7 nitrogen and oxygen atoms in total. The molecule has 0 unspecified atom stereocenters. The molecule has 0 radical (unpaired) electrons. The molecule has 2 heterocycles. The maximum absolute atomic E-state index is 14.4. The van der Waals surface area contributed by atoms with Gasteiger partial charge in [0, 0.05) is 66.1 Å². The molecule has 4 rings (SSSR count). The molecule has 0 bridgehead atoms. The fourth-order valence-corrected chi connectivity index (χ4v) is 5.48. The van der Waals surface area contributed by atoms with Crippen LogP contribution in [-0.2, 0) is 17.4 Å². The monoisotopic (exact) mass is 626 g/mol. The molecular formula is C25H21F2IN2O5S. The Balaban J connectivity index is 2.06. The van der Waals surface area contributed by atoms with Crippen molar-refractivity contribution in [3.63, 3.8) is 0 Å². The number of methoxy groups -OCH3 is 1. The summed E-state index contributed by atoms with van der Waals surface area (Å²) in [6.45, 7) is 3.22. The molecule has 2 aromatic heterocycles. The Bertz CT molecular complexity index is 1560. The molecule has 0 aliphatic heterocycles. The Kier molecular flexibility index (Phi) is 7.17. The number of benzene rings is 2. The Morgan fingerprint density at radius 1 is 1.08 bits per heavy atom. The van der Waals surface area contributed by atoms with E-state index in [1.54, 1.807) is 51.4 Å². The Morgan fingerprint density at radius 3 is 2.39 bits per heavy atom. The molecule has 0 spiro atoms. The Labute approximate surface area is 221 Å². The first-order valence-corrected chi connectivity index (χ1v) is 13.9. The molecule has 0 amide bonds. The molecular weight excluding hydrogens is 605 g/mol. The van der Waals surface area contributed by atoms with E-state index < -0.39 is 23.2 Å². The van der Waals surface area contributed by atoms with Crippen LogP contribution in [-0.4, -0.2) is 26.7 Å². The standard InChI is InChI=1S/C25H21F2IN2O5S/c1-25(2,33)13-5-7-20(35-21-8-6-14(26)10-18(21)27)15(9-13)17-12-29(3)23(31)22-16(17)11-19(24(32)34-4)30(22)36-28/h5-12,33H,1-4H3. The van der Waals surface area contributed by atoms with Crippen LogP contribution < -0.4 is 10.3 Å². The molecule has 2 aromatic carbocycles. The number of aliphatic hydroxyl groups is 1. The van der Waals surface area contributed by atoms with Crippen LogP contribution >= 0.6 is 30.3 Å². The summed E-state index contributed by atoms with van der Waals surface area (Å²) in [7, 11) is 3.95. The molecule has 0 saturated carbocycles. The fraction of sp³-hybridized carbons (Fsp3) is 0.200. The van der Waals surface area contributed by atoms with Crippen molar-refractivity contribution in [2.75, 3.05) is 7.11 Å². The number of hydrogen-bond acceptors (Lipinski definition) is 6. The summed E-state index contributed by atoms with van der Waals surface area (Å²) >= 11 is 1.97. The number of ether oxygens (including phenoxy) is 2. The van der Waals surface area contributed by atoms with Gasteiger partial charge in [-0.3, -0.25) is 8.77 Å². The van der Waals surface area contributed by atoms with Gasteiger partial charge in [0.05, 0.1) is 12.7 Å². The van der Waals surface area contributed by atoms with E-state index in [9.17, 15) is 23.5 Å². The third-order valence-electron chi connectivity index (χ3n) is 5.65. The van der Waals surface area contributed by atoms with E-state index in [0.29, 0.717) is 28.1 Å². The highest BCUT2D eigenvalue weighted by Crippen LogP contribution is 2.41. The molecule has 11 heteroatoms. The number of carbonyl (C=O) groups excluding carboxylic acids is 1. The first-order valence-electron chi connectivity index (χ1n) is 10.6. The maximum Gasteiger partial charge on any atom is 0.355 e. The second kappa shape index (κ2) is 9.87. The zero-order valence-electron chi connectivity index (χ0n) is 19.6. The largest absolute Gasteiger partial charge is 0.464 e. The van der Waals surface area contributed by atoms with Gasteiger partial charge in [-0.05, 0) is 49.7 Å². The average Bonchev–Trinajstić information content (AvgIpc) is 3.22. The zero-order valence-corrected chi connectivity index (χ0v) is 22.6. The predicted octanol–water partition coefficient (Wildman–Crippen LogP) is 5.94. The van der Waals surface area contributed by atoms with Gasteiger partial charge in [0.15, 0.2) is 11.6 Å². The van der Waals surface area contributed by atoms with Gasteiger partial charge in [0.1, 0.15) is 22.8 Å². The zero-order chi connectivity index (χ0) is 26.4. The smallest absolute Gasteiger partial charge is 0.355 e. The normalized spacial score (nSPS) is 11.7. The number of fused-ring (bicyclic) bond motifs is 1. The van der Waals surface area contributed by atoms with Gasteiger partial charge in [-0.15, -0.1) is 0 Å². The van der Waals surface area contributed by atoms with E-state index >= 15 is 0 Å². The number of halogens is 3. The highest BCUT2D eigenvalue weighted by atomic mass is 127. The van der Waals surface area contributed by atoms with Gasteiger partial charge < -0.3 is 19.1 Å². The highest BCUT2D eigenvalue weighted by Gasteiger charge is 2.25. The lowest BCUT2D eigenvalue weighted by atomic mass is 9.93. The van der Waals surface area contributed by atoms with Gasteiger partial charge in [-0.2, -0.15) is 0 Å². The number of nitrogens with zero attached hydrogens (tertiary/aromatic N) is 2. The van der Waals surface area contributed by atoms with Crippen molar-refractivity contribution in [3.05, 3.63) is 81.9 Å². The number of pyridine rings is 1. The minimum Gasteiger partial charge on any atom is -0.464 e. The number of aryl methyl sites for hydroxylation is 1. The third kappa shape index (κ3) is 4.74. The summed E-state index contributed by atoms with van der Waals surface area (Å²) in [4.78, 5) is 25.6. The average molecular weight is 626 g/mol. The minimum atomic E-state index is -1.23. The molecule has 0 fully saturated rings. The number of aromatic nitrogens is 2. The predicted molar refractivity (Wildman–Crippen MR) is 143 cm³/mol. The minimum absolute atomic E-state index is 0.155. The summed E-state index contributed by atoms with van der Waals surface area (Å²) in [6.07, 6.45) is 1.57. The highest BCUT2D eigenvalue weighted by molar-refractivity contribution is 14.2. The van der Waals surface area contributed by atoms with Crippen LogP contribution in [0.1, 0.15) is 29.9 Å². The quantitative estimate of drug-likeness (QED) is 0.211. The number of esters is 1. The van der Waals surface area contributed by atoms with Crippen LogP contribution in [0.15, 0.2) is 53.5 Å². The lowest BCUT2D eigenvalue weighted by molar-refractivity contribution is 0.0593. The maximum atomic E-state index is 14.4. The van der Waals surface area contributed by atoms with Gasteiger partial charge >= 0.3 is 5.97 Å². The summed E-state index contributed by atoms with van der Waals surface area (Å²) in [5.41, 5.74) is 0.261. The topological polar surface area (TPSA) is 82.7 Å². The lowest BCUT2D eigenvalue weighted by Gasteiger charge is -2.21. The number of hydrogen-bond donors (Lipinski definition) is 1. The van der Waals surface area contributed by atoms with Gasteiger partial charge in [0.2, 0.25) is 0 Å². The summed E-state index contributed by atoms with van der Waals surface area (Å²) in [5, 5.41) is 11.1. The van der Waals surface area contributed by atoms with Crippen molar-refractivity contribution in [2.45, 2.75) is 19.4 Å². The van der Waals surface area contributed by atoms with Crippen LogP contribution in [0.25, 0.3) is 22.0 Å². The Hall–Kier alpha value is -2.90. The first kappa shape index (κ1) is 26.2.